The van der Waals surface area contributed by atoms with Crippen LogP contribution in [0.2, 0.25) is 0 Å². The van der Waals surface area contributed by atoms with Gasteiger partial charge in [0.2, 0.25) is 10.0 Å². The summed E-state index contributed by atoms with van der Waals surface area (Å²) in [6, 6.07) is 21.2. The van der Waals surface area contributed by atoms with Gasteiger partial charge >= 0.3 is 5.97 Å². The van der Waals surface area contributed by atoms with E-state index in [2.05, 4.69) is 21.1 Å². The van der Waals surface area contributed by atoms with E-state index in [4.69, 9.17) is 12.2 Å². The maximum absolute atomic E-state index is 11.7. The normalized spacial score (nSPS) is 17.2. The van der Waals surface area contributed by atoms with Crippen molar-refractivity contribution in [1.29, 1.82) is 0 Å². The van der Waals surface area contributed by atoms with Crippen LogP contribution in [0.1, 0.15) is 45.1 Å². The molecule has 5 rings (SSSR count). The van der Waals surface area contributed by atoms with E-state index in [-0.39, 0.29) is 17.6 Å². The number of thiocarbonyl (C=S) groups is 1. The van der Waals surface area contributed by atoms with Gasteiger partial charge in [-0.3, -0.25) is 9.71 Å². The maximum Gasteiger partial charge on any atom is 0.335 e. The first kappa shape index (κ1) is 26.4. The number of nitrogens with one attached hydrogen (secondary N) is 2. The minimum Gasteiger partial charge on any atom is -0.478 e. The van der Waals surface area contributed by atoms with Gasteiger partial charge in [0.25, 0.3) is 0 Å². The van der Waals surface area contributed by atoms with Crippen molar-refractivity contribution in [1.82, 2.24) is 14.9 Å². The Kier molecular flexibility index (Phi) is 6.87. The quantitative estimate of drug-likeness (QED) is 0.277. The van der Waals surface area contributed by atoms with Crippen LogP contribution in [0.25, 0.3) is 5.69 Å². The van der Waals surface area contributed by atoms with Crippen molar-refractivity contribution in [3.8, 4) is 5.69 Å². The Morgan fingerprint density at radius 1 is 1.03 bits per heavy atom. The minimum absolute atomic E-state index is 0.209. The molecule has 0 unspecified atom stereocenters. The molecule has 2 aromatic heterocycles. The van der Waals surface area contributed by atoms with Crippen molar-refractivity contribution in [2.75, 3.05) is 15.9 Å². The third-order valence-corrected chi connectivity index (χ3v) is 7.61. The number of aromatic nitrogens is 2. The van der Waals surface area contributed by atoms with E-state index in [9.17, 15) is 18.3 Å². The molecule has 2 atom stereocenters. The Morgan fingerprint density at radius 2 is 1.77 bits per heavy atom. The molecule has 0 amide bonds. The van der Waals surface area contributed by atoms with Crippen LogP contribution < -0.4 is 14.9 Å². The molecule has 0 bridgehead atoms. The molecular formula is C28H27N5O4S2. The van der Waals surface area contributed by atoms with Gasteiger partial charge in [0.05, 0.1) is 29.6 Å². The molecule has 9 nitrogen and oxygen atoms in total. The van der Waals surface area contributed by atoms with Crippen molar-refractivity contribution in [2.45, 2.75) is 25.9 Å². The number of carbonyl (C=O) groups is 1. The fraction of sp³-hybridized carbons (Fsp3) is 0.179. The van der Waals surface area contributed by atoms with Crippen molar-refractivity contribution in [2.24, 2.45) is 0 Å². The molecule has 11 heteroatoms. The molecule has 1 aliphatic heterocycles. The number of aryl methyl sites for hydroxylation is 1. The first-order chi connectivity index (χ1) is 18.5. The number of hydrogen-bond acceptors (Lipinski definition) is 5. The number of aromatic carboxylic acids is 1. The molecule has 3 N–H and O–H groups in total. The van der Waals surface area contributed by atoms with Crippen LogP contribution in [-0.2, 0) is 10.0 Å². The van der Waals surface area contributed by atoms with Crippen LogP contribution in [0, 0.1) is 13.8 Å². The predicted molar refractivity (Wildman–Crippen MR) is 155 cm³/mol. The van der Waals surface area contributed by atoms with Gasteiger partial charge in [0, 0.05) is 34.6 Å². The van der Waals surface area contributed by atoms with E-state index < -0.39 is 16.0 Å². The Bertz CT molecular complexity index is 1670. The molecule has 200 valence electrons. The Labute approximate surface area is 232 Å². The second-order valence-electron chi connectivity index (χ2n) is 9.44. The zero-order valence-electron chi connectivity index (χ0n) is 21.5. The summed E-state index contributed by atoms with van der Waals surface area (Å²) >= 11 is 5.82. The molecule has 0 aliphatic carbocycles. The van der Waals surface area contributed by atoms with E-state index in [0.717, 1.165) is 40.3 Å². The molecule has 0 saturated carbocycles. The molecule has 0 spiro atoms. The third kappa shape index (κ3) is 5.23. The fourth-order valence-corrected chi connectivity index (χ4v) is 6.03. The van der Waals surface area contributed by atoms with Gasteiger partial charge in [-0.15, -0.1) is 0 Å². The average molecular weight is 562 g/mol. The van der Waals surface area contributed by atoms with E-state index in [1.807, 2.05) is 59.7 Å². The lowest BCUT2D eigenvalue weighted by molar-refractivity contribution is 0.0697. The van der Waals surface area contributed by atoms with Crippen LogP contribution >= 0.6 is 12.2 Å². The molecule has 0 radical (unpaired) electrons. The zero-order valence-corrected chi connectivity index (χ0v) is 23.1. The Morgan fingerprint density at radius 3 is 2.41 bits per heavy atom. The van der Waals surface area contributed by atoms with Gasteiger partial charge in [0.15, 0.2) is 5.11 Å². The molecular weight excluding hydrogens is 534 g/mol. The average Bonchev–Trinajstić information content (AvgIpc) is 3.39. The summed E-state index contributed by atoms with van der Waals surface area (Å²) in [6.07, 6.45) is 2.85. The van der Waals surface area contributed by atoms with Gasteiger partial charge < -0.3 is 19.9 Å². The summed E-state index contributed by atoms with van der Waals surface area (Å²) in [5.41, 5.74) is 5.89. The third-order valence-electron chi connectivity index (χ3n) is 6.69. The summed E-state index contributed by atoms with van der Waals surface area (Å²) in [6.45, 7) is 3.99. The monoisotopic (exact) mass is 561 g/mol. The number of carboxylic acids is 1. The topological polar surface area (TPSA) is 117 Å². The summed E-state index contributed by atoms with van der Waals surface area (Å²) in [5, 5.41) is 13.5. The van der Waals surface area contributed by atoms with Crippen LogP contribution in [-0.4, -0.2) is 40.4 Å². The maximum atomic E-state index is 11.7. The van der Waals surface area contributed by atoms with Crippen molar-refractivity contribution in [3.05, 3.63) is 107 Å². The molecule has 4 aromatic rings. The Balaban J connectivity index is 1.63. The first-order valence-corrected chi connectivity index (χ1v) is 14.4. The minimum atomic E-state index is -3.41. The summed E-state index contributed by atoms with van der Waals surface area (Å²) in [5.74, 6) is -0.986. The molecule has 1 aliphatic rings. The number of pyridine rings is 1. The van der Waals surface area contributed by atoms with Crippen molar-refractivity contribution < 1.29 is 18.3 Å². The molecule has 3 heterocycles. The van der Waals surface area contributed by atoms with Gasteiger partial charge in [0.1, 0.15) is 0 Å². The highest BCUT2D eigenvalue weighted by Gasteiger charge is 2.42. The number of sulfonamides is 1. The summed E-state index contributed by atoms with van der Waals surface area (Å²) < 4.78 is 27.9. The lowest BCUT2D eigenvalue weighted by Gasteiger charge is -2.28. The van der Waals surface area contributed by atoms with Gasteiger partial charge in [-0.2, -0.15) is 0 Å². The highest BCUT2D eigenvalue weighted by atomic mass is 32.2. The number of benzene rings is 2. The van der Waals surface area contributed by atoms with E-state index in [0.29, 0.717) is 10.8 Å². The predicted octanol–water partition coefficient (Wildman–Crippen LogP) is 4.74. The smallest absolute Gasteiger partial charge is 0.335 e. The molecule has 39 heavy (non-hydrogen) atoms. The SMILES string of the molecule is Cc1cc([C@@H]2[C@@H](c3ccccn3)NC(=S)N2c2ccc(NS(C)(=O)=O)cc2)c(C)n1-c1cccc(C(=O)O)c1. The number of hydrogen-bond donors (Lipinski definition) is 3. The van der Waals surface area contributed by atoms with E-state index in [1.165, 1.54) is 0 Å². The summed E-state index contributed by atoms with van der Waals surface area (Å²) in [7, 11) is -3.41. The molecule has 1 saturated heterocycles. The largest absolute Gasteiger partial charge is 0.478 e. The zero-order chi connectivity index (χ0) is 27.9. The van der Waals surface area contributed by atoms with Gasteiger partial charge in [-0.25, -0.2) is 13.2 Å². The number of nitrogens with zero attached hydrogens (tertiary/aromatic N) is 3. The number of rotatable bonds is 7. The van der Waals surface area contributed by atoms with E-state index >= 15 is 0 Å². The highest BCUT2D eigenvalue weighted by Crippen LogP contribution is 2.44. The van der Waals surface area contributed by atoms with Crippen molar-refractivity contribution >= 4 is 44.7 Å². The van der Waals surface area contributed by atoms with Crippen LogP contribution in [0.15, 0.2) is 79.0 Å². The second kappa shape index (κ2) is 10.2. The number of anilines is 2. The van der Waals surface area contributed by atoms with E-state index in [1.54, 1.807) is 36.5 Å². The Hall–Kier alpha value is -4.22. The lowest BCUT2D eigenvalue weighted by Crippen LogP contribution is -2.29. The second-order valence-corrected chi connectivity index (χ2v) is 11.6. The summed E-state index contributed by atoms with van der Waals surface area (Å²) in [4.78, 5) is 18.2. The first-order valence-electron chi connectivity index (χ1n) is 12.1. The van der Waals surface area contributed by atoms with Crippen LogP contribution in [0.5, 0.6) is 0 Å². The highest BCUT2D eigenvalue weighted by molar-refractivity contribution is 7.92. The van der Waals surface area contributed by atoms with Crippen LogP contribution in [0.3, 0.4) is 0 Å². The lowest BCUT2D eigenvalue weighted by atomic mass is 9.96. The standard InChI is InChI=1S/C28H27N5O4S2/c1-17-15-23(18(2)32(17)22-8-6-7-19(16-22)27(34)35)26-25(24-9-4-5-14-29-24)30-28(38)33(26)21-12-10-20(11-13-21)31-39(3,36)37/h4-16,25-26,31H,1-3H3,(H,30,38)(H,34,35)/t25-,26-/m1/s1. The molecule has 1 fully saturated rings. The van der Waals surface area contributed by atoms with Crippen molar-refractivity contribution in [3.63, 3.8) is 0 Å². The fourth-order valence-electron chi connectivity index (χ4n) is 5.12. The molecule has 2 aromatic carbocycles. The number of carboxylic acid groups (broad SMARTS) is 1. The van der Waals surface area contributed by atoms with Gasteiger partial charge in [-0.05, 0) is 92.3 Å². The van der Waals surface area contributed by atoms with Crippen LogP contribution in [0.4, 0.5) is 11.4 Å². The van der Waals surface area contributed by atoms with Gasteiger partial charge in [-0.1, -0.05) is 12.1 Å².